The van der Waals surface area contributed by atoms with Gasteiger partial charge in [-0.2, -0.15) is 5.10 Å². The van der Waals surface area contributed by atoms with Gasteiger partial charge in [0.05, 0.1) is 6.20 Å². The minimum Gasteiger partial charge on any atom is -0.384 e. The topological polar surface area (TPSA) is 41.3 Å². The van der Waals surface area contributed by atoms with Crippen molar-refractivity contribution in [3.05, 3.63) is 18.0 Å². The first-order valence-electron chi connectivity index (χ1n) is 6.01. The molecule has 2 unspecified atom stereocenters. The molecule has 0 amide bonds. The number of rotatable bonds is 3. The number of nitrogens with zero attached hydrogens (tertiary/aromatic N) is 3. The Morgan fingerprint density at radius 3 is 2.94 bits per heavy atom. The highest BCUT2D eigenvalue weighted by atomic mass is 16.3. The fourth-order valence-electron chi connectivity index (χ4n) is 2.44. The fraction of sp³-hybridized carbons (Fsp3) is 0.750. The van der Waals surface area contributed by atoms with E-state index in [0.29, 0.717) is 12.6 Å². The van der Waals surface area contributed by atoms with Crippen LogP contribution in [0.4, 0.5) is 0 Å². The number of likely N-dealkylation sites (N-methyl/N-ethyl adjacent to an activating group) is 1. The monoisotopic (exact) mass is 223 g/mol. The second kappa shape index (κ2) is 4.18. The SMILES string of the molecule is CCCn1cc(C2(O)CC(C)N(C)C2)cn1. The van der Waals surface area contributed by atoms with Gasteiger partial charge >= 0.3 is 0 Å². The van der Waals surface area contributed by atoms with Crippen molar-refractivity contribution < 1.29 is 5.11 Å². The van der Waals surface area contributed by atoms with Crippen molar-refractivity contribution in [2.75, 3.05) is 13.6 Å². The molecule has 4 heteroatoms. The molecule has 1 saturated heterocycles. The molecular weight excluding hydrogens is 202 g/mol. The van der Waals surface area contributed by atoms with Crippen molar-refractivity contribution in [3.8, 4) is 0 Å². The van der Waals surface area contributed by atoms with Crippen LogP contribution in [0.5, 0.6) is 0 Å². The third-order valence-corrected chi connectivity index (χ3v) is 3.52. The molecule has 1 aromatic heterocycles. The first-order chi connectivity index (χ1) is 7.55. The average molecular weight is 223 g/mol. The highest BCUT2D eigenvalue weighted by Crippen LogP contribution is 2.34. The van der Waals surface area contributed by atoms with Crippen LogP contribution in [0.25, 0.3) is 0 Å². The summed E-state index contributed by atoms with van der Waals surface area (Å²) in [6.07, 6.45) is 5.65. The Labute approximate surface area is 96.9 Å². The van der Waals surface area contributed by atoms with Crippen molar-refractivity contribution in [1.82, 2.24) is 14.7 Å². The summed E-state index contributed by atoms with van der Waals surface area (Å²) >= 11 is 0. The zero-order valence-corrected chi connectivity index (χ0v) is 10.3. The largest absolute Gasteiger partial charge is 0.384 e. The fourth-order valence-corrected chi connectivity index (χ4v) is 2.44. The second-order valence-corrected chi connectivity index (χ2v) is 4.99. The number of aryl methyl sites for hydroxylation is 1. The zero-order valence-electron chi connectivity index (χ0n) is 10.3. The summed E-state index contributed by atoms with van der Waals surface area (Å²) in [5.41, 5.74) is 0.248. The Kier molecular flexibility index (Phi) is 3.04. The van der Waals surface area contributed by atoms with Gasteiger partial charge in [0.25, 0.3) is 0 Å². The number of β-amino-alcohol motifs (C(OH)–C–C–N with tert-alkyl or cyclic N) is 1. The van der Waals surface area contributed by atoms with Crippen LogP contribution in [0.3, 0.4) is 0 Å². The predicted molar refractivity (Wildman–Crippen MR) is 63.1 cm³/mol. The summed E-state index contributed by atoms with van der Waals surface area (Å²) in [4.78, 5) is 2.19. The first-order valence-corrected chi connectivity index (χ1v) is 6.01. The molecule has 0 radical (unpaired) electrons. The van der Waals surface area contributed by atoms with E-state index in [9.17, 15) is 5.11 Å². The summed E-state index contributed by atoms with van der Waals surface area (Å²) in [5, 5.41) is 14.9. The Morgan fingerprint density at radius 2 is 2.38 bits per heavy atom. The van der Waals surface area contributed by atoms with Crippen LogP contribution < -0.4 is 0 Å². The third-order valence-electron chi connectivity index (χ3n) is 3.52. The van der Waals surface area contributed by atoms with Gasteiger partial charge in [-0.05, 0) is 26.8 Å². The normalized spacial score (nSPS) is 31.1. The number of likely N-dealkylation sites (tertiary alicyclic amines) is 1. The maximum atomic E-state index is 10.6. The van der Waals surface area contributed by atoms with Gasteiger partial charge < -0.3 is 10.0 Å². The molecule has 1 N–H and O–H groups in total. The van der Waals surface area contributed by atoms with Gasteiger partial charge in [-0.1, -0.05) is 6.92 Å². The lowest BCUT2D eigenvalue weighted by atomic mass is 9.94. The molecular formula is C12H21N3O. The molecule has 2 atom stereocenters. The maximum Gasteiger partial charge on any atom is 0.107 e. The van der Waals surface area contributed by atoms with Crippen molar-refractivity contribution in [1.29, 1.82) is 0 Å². The summed E-state index contributed by atoms with van der Waals surface area (Å²) in [6.45, 7) is 5.89. The lowest BCUT2D eigenvalue weighted by molar-refractivity contribution is 0.0485. The molecule has 0 bridgehead atoms. The number of hydrogen-bond donors (Lipinski definition) is 1. The number of hydrogen-bond acceptors (Lipinski definition) is 3. The smallest absolute Gasteiger partial charge is 0.107 e. The minimum absolute atomic E-state index is 0.430. The molecule has 0 aromatic carbocycles. The van der Waals surface area contributed by atoms with Gasteiger partial charge in [0.2, 0.25) is 0 Å². The molecule has 2 rings (SSSR count). The molecule has 1 aromatic rings. The molecule has 2 heterocycles. The van der Waals surface area contributed by atoms with Gasteiger partial charge in [0, 0.05) is 30.9 Å². The molecule has 1 aliphatic heterocycles. The van der Waals surface area contributed by atoms with Crippen molar-refractivity contribution >= 4 is 0 Å². The summed E-state index contributed by atoms with van der Waals surface area (Å²) in [6, 6.07) is 0.430. The number of aliphatic hydroxyl groups is 1. The third kappa shape index (κ3) is 1.99. The highest BCUT2D eigenvalue weighted by molar-refractivity contribution is 5.19. The number of aromatic nitrogens is 2. The van der Waals surface area contributed by atoms with Crippen LogP contribution in [-0.4, -0.2) is 39.4 Å². The van der Waals surface area contributed by atoms with Crippen LogP contribution in [0.1, 0.15) is 32.3 Å². The molecule has 16 heavy (non-hydrogen) atoms. The van der Waals surface area contributed by atoms with E-state index >= 15 is 0 Å². The Balaban J connectivity index is 2.17. The first kappa shape index (κ1) is 11.6. The predicted octanol–water partition coefficient (Wildman–Crippen LogP) is 1.20. The molecule has 0 spiro atoms. The van der Waals surface area contributed by atoms with E-state index < -0.39 is 5.60 Å². The molecule has 1 fully saturated rings. The van der Waals surface area contributed by atoms with Gasteiger partial charge in [0.1, 0.15) is 5.60 Å². The van der Waals surface area contributed by atoms with Gasteiger partial charge in [0.15, 0.2) is 0 Å². The molecule has 0 aliphatic carbocycles. The van der Waals surface area contributed by atoms with Crippen molar-refractivity contribution in [2.45, 2.75) is 44.9 Å². The average Bonchev–Trinajstić information content (AvgIpc) is 2.75. The molecule has 90 valence electrons. The zero-order chi connectivity index (χ0) is 11.8. The maximum absolute atomic E-state index is 10.6. The standard InChI is InChI=1S/C12H21N3O/c1-4-5-15-8-11(7-13-15)12(16)6-10(2)14(3)9-12/h7-8,10,16H,4-6,9H2,1-3H3. The Bertz CT molecular complexity index is 351. The van der Waals surface area contributed by atoms with Crippen LogP contribution in [0.2, 0.25) is 0 Å². The van der Waals surface area contributed by atoms with Crippen molar-refractivity contribution in [3.63, 3.8) is 0 Å². The van der Waals surface area contributed by atoms with Gasteiger partial charge in [-0.15, -0.1) is 0 Å². The van der Waals surface area contributed by atoms with E-state index in [1.807, 2.05) is 17.1 Å². The minimum atomic E-state index is -0.708. The highest BCUT2D eigenvalue weighted by Gasteiger charge is 2.41. The van der Waals surface area contributed by atoms with E-state index in [4.69, 9.17) is 0 Å². The molecule has 4 nitrogen and oxygen atoms in total. The van der Waals surface area contributed by atoms with E-state index in [1.54, 1.807) is 0 Å². The quantitative estimate of drug-likeness (QED) is 0.837. The van der Waals surface area contributed by atoms with E-state index in [1.165, 1.54) is 0 Å². The molecule has 0 saturated carbocycles. The van der Waals surface area contributed by atoms with Crippen LogP contribution >= 0.6 is 0 Å². The lowest BCUT2D eigenvalue weighted by Crippen LogP contribution is -2.29. The van der Waals surface area contributed by atoms with E-state index in [2.05, 4.69) is 30.9 Å². The second-order valence-electron chi connectivity index (χ2n) is 4.99. The summed E-state index contributed by atoms with van der Waals surface area (Å²) in [5.74, 6) is 0. The lowest BCUT2D eigenvalue weighted by Gasteiger charge is -2.20. The molecule has 1 aliphatic rings. The van der Waals surface area contributed by atoms with Crippen LogP contribution in [0, 0.1) is 0 Å². The Hall–Kier alpha value is -0.870. The summed E-state index contributed by atoms with van der Waals surface area (Å²) in [7, 11) is 2.05. The van der Waals surface area contributed by atoms with Gasteiger partial charge in [-0.25, -0.2) is 0 Å². The van der Waals surface area contributed by atoms with Crippen LogP contribution in [-0.2, 0) is 12.1 Å². The van der Waals surface area contributed by atoms with E-state index in [0.717, 1.165) is 24.9 Å². The van der Waals surface area contributed by atoms with Crippen molar-refractivity contribution in [2.24, 2.45) is 0 Å². The van der Waals surface area contributed by atoms with Crippen LogP contribution in [0.15, 0.2) is 12.4 Å². The summed E-state index contributed by atoms with van der Waals surface area (Å²) < 4.78 is 1.91. The van der Waals surface area contributed by atoms with E-state index in [-0.39, 0.29) is 0 Å². The van der Waals surface area contributed by atoms with Gasteiger partial charge in [-0.3, -0.25) is 4.68 Å². The Morgan fingerprint density at radius 1 is 1.62 bits per heavy atom.